The molecule has 3 aromatic heterocycles. The van der Waals surface area contributed by atoms with Crippen LogP contribution in [0.2, 0.25) is 0 Å². The van der Waals surface area contributed by atoms with Gasteiger partial charge in [-0.15, -0.1) is 0 Å². The van der Waals surface area contributed by atoms with Gasteiger partial charge in [0.1, 0.15) is 11.4 Å². The lowest BCUT2D eigenvalue weighted by Gasteiger charge is -2.08. The lowest BCUT2D eigenvalue weighted by atomic mass is 10.0. The van der Waals surface area contributed by atoms with E-state index in [1.807, 2.05) is 31.2 Å². The maximum atomic E-state index is 6.06. The highest BCUT2D eigenvalue weighted by molar-refractivity contribution is 6.13. The summed E-state index contributed by atoms with van der Waals surface area (Å²) in [5, 5.41) is 4.41. The van der Waals surface area contributed by atoms with E-state index in [2.05, 4.69) is 82.3 Å². The van der Waals surface area contributed by atoms with Crippen LogP contribution in [0, 0.1) is 6.92 Å². The summed E-state index contributed by atoms with van der Waals surface area (Å²) >= 11 is 0. The van der Waals surface area contributed by atoms with Crippen molar-refractivity contribution in [3.8, 4) is 16.9 Å². The Kier molecular flexibility index (Phi) is 3.73. The zero-order valence-electron chi connectivity index (χ0n) is 18.0. The monoisotopic (exact) mass is 425 g/mol. The Bertz CT molecular complexity index is 1830. The first-order valence-electron chi connectivity index (χ1n) is 11.0. The van der Waals surface area contributed by atoms with Crippen molar-refractivity contribution in [3.63, 3.8) is 0 Å². The molecule has 0 fully saturated rings. The van der Waals surface area contributed by atoms with Crippen molar-refractivity contribution in [1.82, 2.24) is 14.5 Å². The van der Waals surface area contributed by atoms with Crippen molar-refractivity contribution in [2.45, 2.75) is 6.92 Å². The second-order valence-corrected chi connectivity index (χ2v) is 8.32. The average molecular weight is 425 g/mol. The molecule has 7 rings (SSSR count). The van der Waals surface area contributed by atoms with E-state index in [0.717, 1.165) is 33.3 Å². The summed E-state index contributed by atoms with van der Waals surface area (Å²) in [6.07, 6.45) is 0. The van der Waals surface area contributed by atoms with Crippen LogP contribution in [-0.2, 0) is 0 Å². The highest BCUT2D eigenvalue weighted by Gasteiger charge is 2.18. The van der Waals surface area contributed by atoms with E-state index in [1.54, 1.807) is 0 Å². The lowest BCUT2D eigenvalue weighted by Crippen LogP contribution is -1.94. The van der Waals surface area contributed by atoms with Gasteiger partial charge in [0.25, 0.3) is 0 Å². The quantitative estimate of drug-likeness (QED) is 0.289. The van der Waals surface area contributed by atoms with Crippen LogP contribution in [0.3, 0.4) is 0 Å². The number of furan rings is 1. The molecule has 0 N–H and O–H groups in total. The Morgan fingerprint density at radius 2 is 1.39 bits per heavy atom. The molecule has 0 saturated heterocycles. The van der Waals surface area contributed by atoms with E-state index in [1.165, 1.54) is 21.8 Å². The molecule has 4 aromatic carbocycles. The average Bonchev–Trinajstić information content (AvgIpc) is 3.39. The minimum atomic E-state index is 0.630. The third-order valence-electron chi connectivity index (χ3n) is 6.31. The SMILES string of the molecule is Cc1nc(-c2ccc3c(c2)c2ccccc2n3-c2ccccc2)c2c(n1)oc1ccccc12. The maximum absolute atomic E-state index is 6.06. The van der Waals surface area contributed by atoms with Crippen LogP contribution in [0.25, 0.3) is 60.8 Å². The predicted octanol–water partition coefficient (Wildman–Crippen LogP) is 7.45. The molecule has 0 aliphatic carbocycles. The highest BCUT2D eigenvalue weighted by atomic mass is 16.3. The minimum absolute atomic E-state index is 0.630. The number of fused-ring (bicyclic) bond motifs is 6. The van der Waals surface area contributed by atoms with Gasteiger partial charge in [0.15, 0.2) is 0 Å². The van der Waals surface area contributed by atoms with Crippen molar-refractivity contribution >= 4 is 43.9 Å². The van der Waals surface area contributed by atoms with Crippen LogP contribution in [0.5, 0.6) is 0 Å². The zero-order chi connectivity index (χ0) is 21.9. The predicted molar refractivity (Wildman–Crippen MR) is 134 cm³/mol. The molecule has 0 spiro atoms. The smallest absolute Gasteiger partial charge is 0.231 e. The second kappa shape index (κ2) is 6.78. The molecule has 33 heavy (non-hydrogen) atoms. The second-order valence-electron chi connectivity index (χ2n) is 8.32. The largest absolute Gasteiger partial charge is 0.438 e. The number of aromatic nitrogens is 3. The first-order valence-corrected chi connectivity index (χ1v) is 11.0. The van der Waals surface area contributed by atoms with Gasteiger partial charge >= 0.3 is 0 Å². The normalized spacial score (nSPS) is 11.8. The van der Waals surface area contributed by atoms with E-state index >= 15 is 0 Å². The van der Waals surface area contributed by atoms with Crippen LogP contribution in [0.1, 0.15) is 5.82 Å². The standard InChI is InChI=1S/C29H19N3O/c1-18-30-28(27-22-12-6-8-14-26(22)33-29(27)31-18)19-15-16-25-23(17-19)21-11-5-7-13-24(21)32(25)20-9-3-2-4-10-20/h2-17H,1H3. The van der Waals surface area contributed by atoms with Crippen LogP contribution >= 0.6 is 0 Å². The summed E-state index contributed by atoms with van der Waals surface area (Å²) in [6, 6.07) is 33.7. The Morgan fingerprint density at radius 3 is 2.27 bits per heavy atom. The Labute approximate surface area is 189 Å². The summed E-state index contributed by atoms with van der Waals surface area (Å²) in [5.41, 5.74) is 6.93. The van der Waals surface area contributed by atoms with E-state index in [0.29, 0.717) is 11.5 Å². The Morgan fingerprint density at radius 1 is 0.667 bits per heavy atom. The molecule has 0 saturated carbocycles. The number of aryl methyl sites for hydroxylation is 1. The fourth-order valence-corrected chi connectivity index (χ4v) is 4.91. The van der Waals surface area contributed by atoms with Crippen molar-refractivity contribution in [2.24, 2.45) is 0 Å². The van der Waals surface area contributed by atoms with Crippen molar-refractivity contribution in [2.75, 3.05) is 0 Å². The van der Waals surface area contributed by atoms with Gasteiger partial charge < -0.3 is 8.98 Å². The molecule has 0 atom stereocenters. The number of benzene rings is 4. The summed E-state index contributed by atoms with van der Waals surface area (Å²) in [7, 11) is 0. The molecule has 0 amide bonds. The van der Waals surface area contributed by atoms with Crippen molar-refractivity contribution < 1.29 is 4.42 Å². The third kappa shape index (κ3) is 2.64. The summed E-state index contributed by atoms with van der Waals surface area (Å²) < 4.78 is 8.38. The molecular weight excluding hydrogens is 406 g/mol. The van der Waals surface area contributed by atoms with Gasteiger partial charge in [0.2, 0.25) is 5.71 Å². The summed E-state index contributed by atoms with van der Waals surface area (Å²) in [5.74, 6) is 0.698. The minimum Gasteiger partial charge on any atom is -0.438 e. The summed E-state index contributed by atoms with van der Waals surface area (Å²) in [6.45, 7) is 1.91. The molecule has 7 aromatic rings. The number of rotatable bonds is 2. The van der Waals surface area contributed by atoms with E-state index in [-0.39, 0.29) is 0 Å². The van der Waals surface area contributed by atoms with Crippen molar-refractivity contribution in [1.29, 1.82) is 0 Å². The first kappa shape index (κ1) is 18.2. The zero-order valence-corrected chi connectivity index (χ0v) is 18.0. The lowest BCUT2D eigenvalue weighted by molar-refractivity contribution is 0.651. The molecule has 0 bridgehead atoms. The van der Waals surface area contributed by atoms with Gasteiger partial charge in [-0.1, -0.05) is 60.7 Å². The molecule has 0 unspecified atom stereocenters. The van der Waals surface area contributed by atoms with Crippen LogP contribution < -0.4 is 0 Å². The van der Waals surface area contributed by atoms with E-state index in [9.17, 15) is 0 Å². The molecule has 0 aliphatic heterocycles. The van der Waals surface area contributed by atoms with E-state index in [4.69, 9.17) is 9.40 Å². The van der Waals surface area contributed by atoms with Gasteiger partial charge in [-0.05, 0) is 43.3 Å². The summed E-state index contributed by atoms with van der Waals surface area (Å²) in [4.78, 5) is 9.44. The number of hydrogen-bond acceptors (Lipinski definition) is 3. The Balaban J connectivity index is 1.57. The van der Waals surface area contributed by atoms with Gasteiger partial charge in [-0.25, -0.2) is 4.98 Å². The topological polar surface area (TPSA) is 43.9 Å². The molecule has 0 radical (unpaired) electrons. The third-order valence-corrected chi connectivity index (χ3v) is 6.31. The molecule has 4 nitrogen and oxygen atoms in total. The van der Waals surface area contributed by atoms with Gasteiger partial charge in [0, 0.05) is 27.4 Å². The van der Waals surface area contributed by atoms with E-state index < -0.39 is 0 Å². The van der Waals surface area contributed by atoms with Crippen LogP contribution in [0.4, 0.5) is 0 Å². The number of nitrogens with zero attached hydrogens (tertiary/aromatic N) is 3. The first-order chi connectivity index (χ1) is 16.3. The molecule has 156 valence electrons. The Hall–Kier alpha value is -4.44. The molecule has 3 heterocycles. The highest BCUT2D eigenvalue weighted by Crippen LogP contribution is 2.38. The van der Waals surface area contributed by atoms with Crippen LogP contribution in [0.15, 0.2) is 101 Å². The molecule has 4 heteroatoms. The fraction of sp³-hybridized carbons (Fsp3) is 0.0345. The number of para-hydroxylation sites is 3. The van der Waals surface area contributed by atoms with Gasteiger partial charge in [-0.3, -0.25) is 0 Å². The fourth-order valence-electron chi connectivity index (χ4n) is 4.91. The van der Waals surface area contributed by atoms with Gasteiger partial charge in [-0.2, -0.15) is 4.98 Å². The molecular formula is C29H19N3O. The number of hydrogen-bond donors (Lipinski definition) is 0. The molecule has 0 aliphatic rings. The van der Waals surface area contributed by atoms with Gasteiger partial charge in [0.05, 0.1) is 22.1 Å². The maximum Gasteiger partial charge on any atom is 0.231 e. The van der Waals surface area contributed by atoms with Crippen LogP contribution in [-0.4, -0.2) is 14.5 Å². The van der Waals surface area contributed by atoms with Crippen molar-refractivity contribution in [3.05, 3.63) is 103 Å².